The topological polar surface area (TPSA) is 59.2 Å². The van der Waals surface area contributed by atoms with E-state index in [1.165, 1.54) is 0 Å². The molecule has 1 aromatic carbocycles. The van der Waals surface area contributed by atoms with Crippen molar-refractivity contribution in [2.75, 3.05) is 0 Å². The van der Waals surface area contributed by atoms with Crippen molar-refractivity contribution in [3.8, 4) is 11.5 Å². The lowest BCUT2D eigenvalue weighted by molar-refractivity contribution is -0.139. The first kappa shape index (κ1) is 14.4. The minimum atomic E-state index is -4.81. The Hall–Kier alpha value is -1.96. The highest BCUT2D eigenvalue weighted by atomic mass is 19.4. The van der Waals surface area contributed by atoms with E-state index in [4.69, 9.17) is 4.52 Å². The average molecular weight is 290 g/mol. The zero-order chi connectivity index (χ0) is 14.9. The van der Waals surface area contributed by atoms with E-state index in [0.29, 0.717) is 18.6 Å². The van der Waals surface area contributed by atoms with Crippen molar-refractivity contribution in [1.82, 2.24) is 10.1 Å². The van der Waals surface area contributed by atoms with Crippen LogP contribution in [0.5, 0.6) is 0 Å². The lowest BCUT2D eigenvalue weighted by Gasteiger charge is -2.08. The number of hydrogen-bond acceptors (Lipinski definition) is 4. The maximum atomic E-state index is 13.1. The second kappa shape index (κ2) is 5.20. The summed E-state index contributed by atoms with van der Waals surface area (Å²) in [4.78, 5) is 3.79. The predicted molar refractivity (Wildman–Crippen MR) is 59.9 cm³/mol. The molecular formula is C12H10F4N2O2. The fourth-order valence-electron chi connectivity index (χ4n) is 1.55. The number of rotatable bonds is 3. The minimum Gasteiger partial charge on any atom is -0.385 e. The second-order valence-electron chi connectivity index (χ2n) is 4.07. The molecule has 0 aliphatic rings. The quantitative estimate of drug-likeness (QED) is 0.881. The summed E-state index contributed by atoms with van der Waals surface area (Å²) < 4.78 is 55.7. The van der Waals surface area contributed by atoms with Gasteiger partial charge in [-0.3, -0.25) is 0 Å². The molecule has 1 unspecified atom stereocenters. The summed E-state index contributed by atoms with van der Waals surface area (Å²) in [6.45, 7) is 1.68. The molecule has 0 fully saturated rings. The van der Waals surface area contributed by atoms with Crippen LogP contribution < -0.4 is 0 Å². The van der Waals surface area contributed by atoms with Crippen LogP contribution in [-0.2, 0) is 6.18 Å². The molecule has 0 saturated heterocycles. The second-order valence-corrected chi connectivity index (χ2v) is 4.07. The summed E-state index contributed by atoms with van der Waals surface area (Å²) in [6.07, 6.45) is -5.45. The molecule has 0 aliphatic heterocycles. The minimum absolute atomic E-state index is 0.0274. The molecule has 0 saturated carbocycles. The lowest BCUT2D eigenvalue weighted by Crippen LogP contribution is -2.08. The number of aromatic nitrogens is 2. The Labute approximate surface area is 111 Å². The van der Waals surface area contributed by atoms with E-state index in [9.17, 15) is 22.7 Å². The number of aliphatic hydroxyl groups is 1. The highest BCUT2D eigenvalue weighted by molar-refractivity contribution is 5.54. The number of hydrogen-bond donors (Lipinski definition) is 1. The maximum absolute atomic E-state index is 13.1. The Bertz CT molecular complexity index is 610. The molecule has 1 aromatic heterocycles. The van der Waals surface area contributed by atoms with Crippen molar-refractivity contribution in [2.45, 2.75) is 25.6 Å². The molecule has 0 aliphatic carbocycles. The van der Waals surface area contributed by atoms with Crippen LogP contribution in [0.3, 0.4) is 0 Å². The zero-order valence-corrected chi connectivity index (χ0v) is 10.3. The molecule has 108 valence electrons. The van der Waals surface area contributed by atoms with Crippen molar-refractivity contribution in [2.24, 2.45) is 0 Å². The number of benzene rings is 1. The highest BCUT2D eigenvalue weighted by Crippen LogP contribution is 2.34. The lowest BCUT2D eigenvalue weighted by atomic mass is 10.1. The van der Waals surface area contributed by atoms with Gasteiger partial charge in [-0.25, -0.2) is 4.39 Å². The molecular weight excluding hydrogens is 280 g/mol. The van der Waals surface area contributed by atoms with Gasteiger partial charge in [-0.05, 0) is 24.6 Å². The van der Waals surface area contributed by atoms with Crippen molar-refractivity contribution in [3.05, 3.63) is 35.4 Å². The molecule has 8 heteroatoms. The van der Waals surface area contributed by atoms with Gasteiger partial charge in [-0.1, -0.05) is 12.1 Å². The standard InChI is InChI=1S/C12H10F4N2O2/c1-2-9(19)10-17-11(20-18-10)6-3-4-8(13)7(5-6)12(14,15)16/h3-5,9,19H,2H2,1H3. The van der Waals surface area contributed by atoms with Crippen molar-refractivity contribution in [1.29, 1.82) is 0 Å². The summed E-state index contributed by atoms with van der Waals surface area (Å²) in [7, 11) is 0. The van der Waals surface area contributed by atoms with Crippen LogP contribution in [0.4, 0.5) is 17.6 Å². The van der Waals surface area contributed by atoms with Crippen molar-refractivity contribution < 1.29 is 27.2 Å². The van der Waals surface area contributed by atoms with Gasteiger partial charge >= 0.3 is 6.18 Å². The average Bonchev–Trinajstić information content (AvgIpc) is 2.86. The molecule has 0 spiro atoms. The van der Waals surface area contributed by atoms with E-state index in [0.717, 1.165) is 6.07 Å². The van der Waals surface area contributed by atoms with E-state index in [1.54, 1.807) is 6.92 Å². The van der Waals surface area contributed by atoms with E-state index in [1.807, 2.05) is 0 Å². The predicted octanol–water partition coefficient (Wildman–Crippen LogP) is 3.34. The molecule has 1 atom stereocenters. The number of nitrogens with zero attached hydrogens (tertiary/aromatic N) is 2. The fraction of sp³-hybridized carbons (Fsp3) is 0.333. The molecule has 2 aromatic rings. The Kier molecular flexibility index (Phi) is 3.76. The molecule has 4 nitrogen and oxygen atoms in total. The molecule has 0 bridgehead atoms. The summed E-state index contributed by atoms with van der Waals surface area (Å²) in [5.41, 5.74) is -1.48. The van der Waals surface area contributed by atoms with Crippen LogP contribution in [0.25, 0.3) is 11.5 Å². The summed E-state index contributed by atoms with van der Waals surface area (Å²) in [6, 6.07) is 2.36. The Morgan fingerprint density at radius 2 is 2.05 bits per heavy atom. The van der Waals surface area contributed by atoms with Gasteiger partial charge in [0.25, 0.3) is 5.89 Å². The van der Waals surface area contributed by atoms with Gasteiger partial charge < -0.3 is 9.63 Å². The van der Waals surface area contributed by atoms with Crippen LogP contribution in [0, 0.1) is 5.82 Å². The van der Waals surface area contributed by atoms with Crippen LogP contribution in [0.1, 0.15) is 30.8 Å². The molecule has 1 N–H and O–H groups in total. The van der Waals surface area contributed by atoms with Gasteiger partial charge in [0.2, 0.25) is 5.82 Å². The van der Waals surface area contributed by atoms with Gasteiger partial charge in [0.15, 0.2) is 0 Å². The maximum Gasteiger partial charge on any atom is 0.419 e. The molecule has 0 radical (unpaired) electrons. The first-order chi connectivity index (χ1) is 9.32. The molecule has 20 heavy (non-hydrogen) atoms. The first-order valence-corrected chi connectivity index (χ1v) is 5.71. The number of halogens is 4. The monoisotopic (exact) mass is 290 g/mol. The summed E-state index contributed by atoms with van der Waals surface area (Å²) in [5.74, 6) is -1.62. The smallest absolute Gasteiger partial charge is 0.385 e. The van der Waals surface area contributed by atoms with Gasteiger partial charge in [0.05, 0.1) is 5.56 Å². The van der Waals surface area contributed by atoms with Crippen LogP contribution >= 0.6 is 0 Å². The van der Waals surface area contributed by atoms with E-state index >= 15 is 0 Å². The third-order valence-electron chi connectivity index (χ3n) is 2.65. The highest BCUT2D eigenvalue weighted by Gasteiger charge is 2.34. The molecule has 0 amide bonds. The van der Waals surface area contributed by atoms with Gasteiger partial charge in [0, 0.05) is 5.56 Å². The number of alkyl halides is 3. The zero-order valence-electron chi connectivity index (χ0n) is 10.3. The first-order valence-electron chi connectivity index (χ1n) is 5.71. The van der Waals surface area contributed by atoms with Gasteiger partial charge in [0.1, 0.15) is 11.9 Å². The molecule has 2 rings (SSSR count). The molecule has 1 heterocycles. The third kappa shape index (κ3) is 2.79. The summed E-state index contributed by atoms with van der Waals surface area (Å²) in [5, 5.41) is 13.0. The number of aliphatic hydroxyl groups excluding tert-OH is 1. The van der Waals surface area contributed by atoms with Gasteiger partial charge in [-0.2, -0.15) is 18.2 Å². The van der Waals surface area contributed by atoms with Crippen molar-refractivity contribution in [3.63, 3.8) is 0 Å². The normalized spacial score (nSPS) is 13.5. The largest absolute Gasteiger partial charge is 0.419 e. The van der Waals surface area contributed by atoms with Crippen LogP contribution in [0.2, 0.25) is 0 Å². The Morgan fingerprint density at radius 3 is 2.65 bits per heavy atom. The van der Waals surface area contributed by atoms with Crippen LogP contribution in [-0.4, -0.2) is 15.2 Å². The van der Waals surface area contributed by atoms with Gasteiger partial charge in [-0.15, -0.1) is 0 Å². The Balaban J connectivity index is 2.41. The summed E-state index contributed by atoms with van der Waals surface area (Å²) >= 11 is 0. The van der Waals surface area contributed by atoms with E-state index < -0.39 is 23.7 Å². The van der Waals surface area contributed by atoms with Crippen LogP contribution in [0.15, 0.2) is 22.7 Å². The van der Waals surface area contributed by atoms with Crippen molar-refractivity contribution >= 4 is 0 Å². The van der Waals surface area contributed by atoms with E-state index in [-0.39, 0.29) is 17.3 Å². The Morgan fingerprint density at radius 1 is 1.35 bits per heavy atom. The fourth-order valence-corrected chi connectivity index (χ4v) is 1.55. The third-order valence-corrected chi connectivity index (χ3v) is 2.65. The van der Waals surface area contributed by atoms with E-state index in [2.05, 4.69) is 10.1 Å². The SMILES string of the molecule is CCC(O)c1noc(-c2ccc(F)c(C(F)(F)F)c2)n1.